The normalized spacial score (nSPS) is 11.4. The summed E-state index contributed by atoms with van der Waals surface area (Å²) >= 11 is 0. The van der Waals surface area contributed by atoms with E-state index in [4.69, 9.17) is 13.9 Å². The molecule has 2 aromatic carbocycles. The lowest BCUT2D eigenvalue weighted by atomic mass is 10.1. The third-order valence-electron chi connectivity index (χ3n) is 5.32. The van der Waals surface area contributed by atoms with Gasteiger partial charge in [-0.05, 0) is 62.6 Å². The lowest BCUT2D eigenvalue weighted by molar-refractivity contribution is -0.116. The van der Waals surface area contributed by atoms with Gasteiger partial charge in [0.1, 0.15) is 28.8 Å². The molecule has 3 aromatic rings. The second-order valence-electron chi connectivity index (χ2n) is 7.99. The lowest BCUT2D eigenvalue weighted by Crippen LogP contribution is -2.18. The van der Waals surface area contributed by atoms with Gasteiger partial charge in [-0.3, -0.25) is 4.79 Å². The van der Waals surface area contributed by atoms with Crippen molar-refractivity contribution in [3.63, 3.8) is 0 Å². The average molecular weight is 472 g/mol. The maximum Gasteiger partial charge on any atom is 0.226 e. The van der Waals surface area contributed by atoms with E-state index >= 15 is 0 Å². The third kappa shape index (κ3) is 6.68. The molecule has 1 heterocycles. The summed E-state index contributed by atoms with van der Waals surface area (Å²) in [4.78, 5) is 16.7. The molecule has 0 amide bonds. The largest absolute Gasteiger partial charge is 0.497 e. The van der Waals surface area contributed by atoms with Crippen LogP contribution in [0.25, 0.3) is 11.5 Å². The van der Waals surface area contributed by atoms with E-state index in [9.17, 15) is 13.2 Å². The van der Waals surface area contributed by atoms with Crippen LogP contribution >= 0.6 is 0 Å². The van der Waals surface area contributed by atoms with Crippen LogP contribution in [0.3, 0.4) is 0 Å². The van der Waals surface area contributed by atoms with Gasteiger partial charge in [0.15, 0.2) is 9.84 Å². The first-order valence-corrected chi connectivity index (χ1v) is 12.5. The molecule has 0 saturated heterocycles. The number of aryl methyl sites for hydroxylation is 3. The minimum atomic E-state index is -3.67. The Bertz CT molecular complexity index is 1210. The fourth-order valence-corrected chi connectivity index (χ4v) is 4.93. The number of hydrogen-bond acceptors (Lipinski definition) is 7. The first kappa shape index (κ1) is 24.5. The molecule has 0 spiro atoms. The number of benzene rings is 2. The van der Waals surface area contributed by atoms with Crippen molar-refractivity contribution in [2.45, 2.75) is 38.9 Å². The topological polar surface area (TPSA) is 95.7 Å². The van der Waals surface area contributed by atoms with Crippen molar-refractivity contribution in [2.24, 2.45) is 0 Å². The number of rotatable bonds is 11. The summed E-state index contributed by atoms with van der Waals surface area (Å²) < 4.78 is 41.5. The summed E-state index contributed by atoms with van der Waals surface area (Å²) in [7, 11) is -0.501. The first-order chi connectivity index (χ1) is 15.7. The average Bonchev–Trinajstić information content (AvgIpc) is 3.13. The van der Waals surface area contributed by atoms with Crippen LogP contribution in [0.15, 0.2) is 46.9 Å². The molecule has 0 aliphatic heterocycles. The van der Waals surface area contributed by atoms with Gasteiger partial charge in [-0.2, -0.15) is 0 Å². The Hall–Kier alpha value is -3.13. The van der Waals surface area contributed by atoms with Crippen LogP contribution in [0.1, 0.15) is 35.4 Å². The van der Waals surface area contributed by atoms with E-state index in [0.29, 0.717) is 41.7 Å². The van der Waals surface area contributed by atoms with Gasteiger partial charge in [-0.1, -0.05) is 17.7 Å². The number of carbonyl (C=O) groups is 1. The van der Waals surface area contributed by atoms with Gasteiger partial charge in [0, 0.05) is 12.0 Å². The fourth-order valence-electron chi connectivity index (χ4n) is 3.51. The number of aromatic nitrogens is 1. The minimum absolute atomic E-state index is 0.159. The molecule has 33 heavy (non-hydrogen) atoms. The fraction of sp³-hybridized carbons (Fsp3) is 0.360. The number of ketones is 1. The van der Waals surface area contributed by atoms with E-state index in [0.717, 1.165) is 16.7 Å². The van der Waals surface area contributed by atoms with Gasteiger partial charge >= 0.3 is 0 Å². The molecule has 0 radical (unpaired) electrons. The van der Waals surface area contributed by atoms with E-state index in [1.54, 1.807) is 27.2 Å². The van der Waals surface area contributed by atoms with Crippen molar-refractivity contribution >= 4 is 15.6 Å². The number of Topliss-reactive ketones (excluding diaryl/α,β-unsaturated/α-hetero) is 1. The van der Waals surface area contributed by atoms with Crippen molar-refractivity contribution in [2.75, 3.05) is 20.0 Å². The highest BCUT2D eigenvalue weighted by molar-refractivity contribution is 7.91. The van der Waals surface area contributed by atoms with Crippen molar-refractivity contribution in [3.05, 3.63) is 65.0 Å². The molecule has 0 aliphatic rings. The summed E-state index contributed by atoms with van der Waals surface area (Å²) in [6.45, 7) is 3.66. The zero-order valence-electron chi connectivity index (χ0n) is 19.4. The van der Waals surface area contributed by atoms with Crippen LogP contribution in [0, 0.1) is 13.8 Å². The maximum absolute atomic E-state index is 12.6. The van der Waals surface area contributed by atoms with Crippen molar-refractivity contribution in [1.82, 2.24) is 4.98 Å². The Morgan fingerprint density at radius 1 is 1.03 bits per heavy atom. The van der Waals surface area contributed by atoms with Crippen LogP contribution in [-0.2, 0) is 26.8 Å². The van der Waals surface area contributed by atoms with E-state index < -0.39 is 15.6 Å². The Kier molecular flexibility index (Phi) is 7.92. The summed E-state index contributed by atoms with van der Waals surface area (Å²) in [6.07, 6.45) is 1.25. The summed E-state index contributed by atoms with van der Waals surface area (Å²) in [5, 5.41) is 0. The molecule has 3 rings (SSSR count). The highest BCUT2D eigenvalue weighted by Crippen LogP contribution is 2.26. The number of methoxy groups -OCH3 is 2. The molecular formula is C25H29NO6S. The quantitative estimate of drug-likeness (QED) is 0.407. The van der Waals surface area contributed by atoms with Crippen LogP contribution in [0.5, 0.6) is 11.5 Å². The Morgan fingerprint density at radius 3 is 2.42 bits per heavy atom. The molecule has 0 unspecified atom stereocenters. The Labute approximate surface area is 194 Å². The molecule has 0 atom stereocenters. The molecular weight excluding hydrogens is 442 g/mol. The highest BCUT2D eigenvalue weighted by Gasteiger charge is 2.22. The predicted molar refractivity (Wildman–Crippen MR) is 126 cm³/mol. The summed E-state index contributed by atoms with van der Waals surface area (Å²) in [6, 6.07) is 13.1. The molecule has 0 N–H and O–H groups in total. The molecule has 0 bridgehead atoms. The van der Waals surface area contributed by atoms with Crippen molar-refractivity contribution in [3.8, 4) is 23.0 Å². The molecule has 1 aromatic heterocycles. The highest BCUT2D eigenvalue weighted by atomic mass is 32.2. The second kappa shape index (κ2) is 10.7. The number of carbonyl (C=O) groups excluding carboxylic acids is 1. The smallest absolute Gasteiger partial charge is 0.226 e. The van der Waals surface area contributed by atoms with E-state index in [1.807, 2.05) is 43.3 Å². The molecule has 0 aliphatic carbocycles. The number of ether oxygens (including phenoxy) is 2. The van der Waals surface area contributed by atoms with Crippen LogP contribution in [0.2, 0.25) is 0 Å². The predicted octanol–water partition coefficient (Wildman–Crippen LogP) is 4.48. The van der Waals surface area contributed by atoms with Gasteiger partial charge in [-0.15, -0.1) is 0 Å². The van der Waals surface area contributed by atoms with Gasteiger partial charge in [0.05, 0.1) is 25.7 Å². The molecule has 7 nitrogen and oxygen atoms in total. The Balaban J connectivity index is 1.58. The zero-order valence-corrected chi connectivity index (χ0v) is 20.2. The summed E-state index contributed by atoms with van der Waals surface area (Å²) in [5.74, 6) is 1.05. The van der Waals surface area contributed by atoms with Gasteiger partial charge < -0.3 is 13.9 Å². The monoisotopic (exact) mass is 471 g/mol. The van der Waals surface area contributed by atoms with E-state index in [1.165, 1.54) is 0 Å². The SMILES string of the molecule is COc1ccc(OC)c(CCCC(=O)CS(=O)(=O)Cc2nc(-c3ccc(C)cc3)oc2C)c1. The third-order valence-corrected chi connectivity index (χ3v) is 6.79. The zero-order chi connectivity index (χ0) is 24.0. The number of nitrogens with zero attached hydrogens (tertiary/aromatic N) is 1. The van der Waals surface area contributed by atoms with Crippen LogP contribution in [0.4, 0.5) is 0 Å². The van der Waals surface area contributed by atoms with Gasteiger partial charge in [0.25, 0.3) is 0 Å². The summed E-state index contributed by atoms with van der Waals surface area (Å²) in [5.41, 5.74) is 3.12. The Morgan fingerprint density at radius 2 is 1.76 bits per heavy atom. The van der Waals surface area contributed by atoms with Crippen molar-refractivity contribution < 1.29 is 27.1 Å². The molecule has 176 valence electrons. The first-order valence-electron chi connectivity index (χ1n) is 10.7. The lowest BCUT2D eigenvalue weighted by Gasteiger charge is -2.10. The maximum atomic E-state index is 12.6. The standard InChI is InChI=1S/C25H29NO6S/c1-17-8-10-19(11-9-17)25-26-23(18(2)32-25)16-33(28,29)15-21(27)7-5-6-20-14-22(30-3)12-13-24(20)31-4/h8-14H,5-7,15-16H2,1-4H3. The molecule has 0 saturated carbocycles. The van der Waals surface area contributed by atoms with Gasteiger partial charge in [0.2, 0.25) is 5.89 Å². The van der Waals surface area contributed by atoms with E-state index in [-0.39, 0.29) is 18.0 Å². The second-order valence-corrected chi connectivity index (χ2v) is 10.1. The van der Waals surface area contributed by atoms with Crippen LogP contribution in [-0.4, -0.2) is 39.2 Å². The number of hydrogen-bond donors (Lipinski definition) is 0. The molecule has 8 heteroatoms. The van der Waals surface area contributed by atoms with Gasteiger partial charge in [-0.25, -0.2) is 13.4 Å². The van der Waals surface area contributed by atoms with Crippen LogP contribution < -0.4 is 9.47 Å². The number of sulfone groups is 1. The van der Waals surface area contributed by atoms with E-state index in [2.05, 4.69) is 4.98 Å². The molecule has 0 fully saturated rings. The number of oxazole rings is 1. The minimum Gasteiger partial charge on any atom is -0.497 e. The van der Waals surface area contributed by atoms with Crippen molar-refractivity contribution in [1.29, 1.82) is 0 Å².